The van der Waals surface area contributed by atoms with E-state index in [9.17, 15) is 9.59 Å². The van der Waals surface area contributed by atoms with Gasteiger partial charge in [-0.25, -0.2) is 0 Å². The highest BCUT2D eigenvalue weighted by Gasteiger charge is 2.22. The zero-order valence-corrected chi connectivity index (χ0v) is 9.35. The van der Waals surface area contributed by atoms with Gasteiger partial charge in [0.05, 0.1) is 23.8 Å². The molecule has 0 aliphatic carbocycles. The second kappa shape index (κ2) is 5.05. The first kappa shape index (κ1) is 11.7. The van der Waals surface area contributed by atoms with Crippen LogP contribution in [0.4, 0.5) is 11.4 Å². The van der Waals surface area contributed by atoms with Crippen LogP contribution < -0.4 is 10.6 Å². The SMILES string of the molecule is NC(=O)C(=O)N(c1cccnc1)c1cccnc1. The number of carbonyl (C=O) groups is 2. The minimum absolute atomic E-state index is 0.453. The predicted octanol–water partition coefficient (Wildman–Crippen LogP) is 0.627. The van der Waals surface area contributed by atoms with Gasteiger partial charge in [-0.3, -0.25) is 24.5 Å². The molecule has 0 aliphatic heterocycles. The molecule has 2 amide bonds. The van der Waals surface area contributed by atoms with Gasteiger partial charge < -0.3 is 5.73 Å². The first-order chi connectivity index (χ1) is 8.70. The molecule has 0 unspecified atom stereocenters. The minimum Gasteiger partial charge on any atom is -0.361 e. The number of hydrogen-bond acceptors (Lipinski definition) is 4. The van der Waals surface area contributed by atoms with E-state index in [2.05, 4.69) is 9.97 Å². The normalized spacial score (nSPS) is 9.78. The maximum atomic E-state index is 11.8. The van der Waals surface area contributed by atoms with Crippen LogP contribution in [0.1, 0.15) is 0 Å². The number of primary amides is 1. The number of hydrogen-bond donors (Lipinski definition) is 1. The number of amides is 2. The van der Waals surface area contributed by atoms with E-state index in [1.807, 2.05) is 0 Å². The van der Waals surface area contributed by atoms with Crippen molar-refractivity contribution in [3.63, 3.8) is 0 Å². The molecule has 0 aromatic carbocycles. The zero-order valence-electron chi connectivity index (χ0n) is 9.35. The Morgan fingerprint density at radius 2 is 1.50 bits per heavy atom. The highest BCUT2D eigenvalue weighted by molar-refractivity contribution is 6.41. The molecule has 0 atom stereocenters. The molecule has 2 rings (SSSR count). The van der Waals surface area contributed by atoms with Crippen molar-refractivity contribution in [3.05, 3.63) is 49.1 Å². The summed E-state index contributed by atoms with van der Waals surface area (Å²) in [5, 5.41) is 0. The maximum absolute atomic E-state index is 11.8. The molecule has 0 radical (unpaired) electrons. The molecule has 0 saturated heterocycles. The van der Waals surface area contributed by atoms with Crippen molar-refractivity contribution in [2.24, 2.45) is 5.73 Å². The van der Waals surface area contributed by atoms with Gasteiger partial charge in [0.2, 0.25) is 0 Å². The average molecular weight is 242 g/mol. The van der Waals surface area contributed by atoms with E-state index in [4.69, 9.17) is 5.73 Å². The number of carbonyl (C=O) groups excluding carboxylic acids is 2. The van der Waals surface area contributed by atoms with Gasteiger partial charge in [0.1, 0.15) is 0 Å². The Bertz CT molecular complexity index is 517. The third kappa shape index (κ3) is 2.32. The molecule has 0 spiro atoms. The van der Waals surface area contributed by atoms with E-state index in [0.29, 0.717) is 11.4 Å². The lowest BCUT2D eigenvalue weighted by atomic mass is 10.3. The summed E-state index contributed by atoms with van der Waals surface area (Å²) in [5.74, 6) is -1.88. The van der Waals surface area contributed by atoms with Crippen LogP contribution in [-0.4, -0.2) is 21.8 Å². The van der Waals surface area contributed by atoms with E-state index in [0.717, 1.165) is 0 Å². The Hall–Kier alpha value is -2.76. The van der Waals surface area contributed by atoms with E-state index in [1.165, 1.54) is 17.3 Å². The first-order valence-corrected chi connectivity index (χ1v) is 5.14. The second-order valence-electron chi connectivity index (χ2n) is 3.43. The Morgan fingerprint density at radius 1 is 1.00 bits per heavy atom. The van der Waals surface area contributed by atoms with Gasteiger partial charge in [0.25, 0.3) is 0 Å². The molecular formula is C12H10N4O2. The van der Waals surface area contributed by atoms with Crippen molar-refractivity contribution in [2.45, 2.75) is 0 Å². The highest BCUT2D eigenvalue weighted by Crippen LogP contribution is 2.23. The van der Waals surface area contributed by atoms with Crippen molar-refractivity contribution in [3.8, 4) is 0 Å². The summed E-state index contributed by atoms with van der Waals surface area (Å²) in [7, 11) is 0. The molecule has 0 saturated carbocycles. The predicted molar refractivity (Wildman–Crippen MR) is 64.8 cm³/mol. The molecular weight excluding hydrogens is 232 g/mol. The number of anilines is 2. The van der Waals surface area contributed by atoms with Crippen LogP contribution in [0, 0.1) is 0 Å². The quantitative estimate of drug-likeness (QED) is 0.782. The lowest BCUT2D eigenvalue weighted by Crippen LogP contribution is -2.37. The fraction of sp³-hybridized carbons (Fsp3) is 0. The van der Waals surface area contributed by atoms with Gasteiger partial charge in [-0.15, -0.1) is 0 Å². The fourth-order valence-electron chi connectivity index (χ4n) is 1.47. The van der Waals surface area contributed by atoms with Crippen LogP contribution in [-0.2, 0) is 9.59 Å². The Labute approximate surface area is 103 Å². The molecule has 6 heteroatoms. The molecule has 90 valence electrons. The van der Waals surface area contributed by atoms with E-state index in [1.54, 1.807) is 36.7 Å². The summed E-state index contributed by atoms with van der Waals surface area (Å²) < 4.78 is 0. The zero-order chi connectivity index (χ0) is 13.0. The van der Waals surface area contributed by atoms with Gasteiger partial charge in [0.15, 0.2) is 0 Å². The first-order valence-electron chi connectivity index (χ1n) is 5.14. The van der Waals surface area contributed by atoms with Gasteiger partial charge >= 0.3 is 11.8 Å². The molecule has 0 fully saturated rings. The van der Waals surface area contributed by atoms with Gasteiger partial charge in [-0.1, -0.05) is 0 Å². The molecule has 18 heavy (non-hydrogen) atoms. The summed E-state index contributed by atoms with van der Waals surface area (Å²) in [4.78, 5) is 31.9. The van der Waals surface area contributed by atoms with Gasteiger partial charge in [-0.2, -0.15) is 0 Å². The molecule has 0 bridgehead atoms. The summed E-state index contributed by atoms with van der Waals surface area (Å²) in [6, 6.07) is 6.63. The lowest BCUT2D eigenvalue weighted by molar-refractivity contribution is -0.135. The molecule has 6 nitrogen and oxygen atoms in total. The standard InChI is InChI=1S/C12H10N4O2/c13-11(17)12(18)16(9-3-1-5-14-7-9)10-4-2-6-15-8-10/h1-8H,(H2,13,17). The molecule has 0 aliphatic rings. The van der Waals surface area contributed by atoms with Crippen molar-refractivity contribution >= 4 is 23.2 Å². The smallest absolute Gasteiger partial charge is 0.320 e. The van der Waals surface area contributed by atoms with Gasteiger partial charge in [-0.05, 0) is 24.3 Å². The second-order valence-corrected chi connectivity index (χ2v) is 3.43. The van der Waals surface area contributed by atoms with E-state index >= 15 is 0 Å². The summed E-state index contributed by atoms with van der Waals surface area (Å²) in [5.41, 5.74) is 5.95. The molecule has 2 aromatic heterocycles. The van der Waals surface area contributed by atoms with Crippen LogP contribution in [0.25, 0.3) is 0 Å². The maximum Gasteiger partial charge on any atom is 0.320 e. The number of pyridine rings is 2. The summed E-state index contributed by atoms with van der Waals surface area (Å²) >= 11 is 0. The number of aromatic nitrogens is 2. The van der Waals surface area contributed by atoms with Crippen molar-refractivity contribution in [2.75, 3.05) is 4.90 Å². The van der Waals surface area contributed by atoms with Crippen LogP contribution in [0.2, 0.25) is 0 Å². The molecule has 2 N–H and O–H groups in total. The third-order valence-corrected chi connectivity index (χ3v) is 2.22. The number of nitrogens with zero attached hydrogens (tertiary/aromatic N) is 3. The van der Waals surface area contributed by atoms with E-state index < -0.39 is 11.8 Å². The monoisotopic (exact) mass is 242 g/mol. The largest absolute Gasteiger partial charge is 0.361 e. The molecule has 2 aromatic rings. The van der Waals surface area contributed by atoms with Crippen LogP contribution in [0.3, 0.4) is 0 Å². The average Bonchev–Trinajstić information content (AvgIpc) is 2.41. The Balaban J connectivity index is 2.48. The fourth-order valence-corrected chi connectivity index (χ4v) is 1.47. The van der Waals surface area contributed by atoms with Crippen molar-refractivity contribution < 1.29 is 9.59 Å². The van der Waals surface area contributed by atoms with Crippen LogP contribution in [0.5, 0.6) is 0 Å². The van der Waals surface area contributed by atoms with Crippen molar-refractivity contribution in [1.29, 1.82) is 0 Å². The number of nitrogens with two attached hydrogens (primary N) is 1. The Kier molecular flexibility index (Phi) is 3.29. The topological polar surface area (TPSA) is 89.2 Å². The van der Waals surface area contributed by atoms with Gasteiger partial charge in [0, 0.05) is 12.4 Å². The lowest BCUT2D eigenvalue weighted by Gasteiger charge is -2.20. The Morgan fingerprint density at radius 3 is 1.83 bits per heavy atom. The number of rotatable bonds is 2. The molecule has 2 heterocycles. The minimum atomic E-state index is -1.04. The third-order valence-electron chi connectivity index (χ3n) is 2.22. The van der Waals surface area contributed by atoms with E-state index in [-0.39, 0.29) is 0 Å². The van der Waals surface area contributed by atoms with Crippen LogP contribution in [0.15, 0.2) is 49.1 Å². The highest BCUT2D eigenvalue weighted by atomic mass is 16.2. The van der Waals surface area contributed by atoms with Crippen LogP contribution >= 0.6 is 0 Å². The summed E-state index contributed by atoms with van der Waals surface area (Å²) in [6.07, 6.45) is 6.07. The van der Waals surface area contributed by atoms with Crippen molar-refractivity contribution in [1.82, 2.24) is 9.97 Å². The summed E-state index contributed by atoms with van der Waals surface area (Å²) in [6.45, 7) is 0.